The maximum atomic E-state index is 12.2. The Kier molecular flexibility index (Phi) is 7.97. The molecule has 0 radical (unpaired) electrons. The van der Waals surface area contributed by atoms with Crippen molar-refractivity contribution in [2.24, 2.45) is 12.0 Å². The van der Waals surface area contributed by atoms with Crippen molar-refractivity contribution in [3.63, 3.8) is 0 Å². The maximum absolute atomic E-state index is 12.2. The van der Waals surface area contributed by atoms with E-state index in [0.29, 0.717) is 31.5 Å². The number of guanidine groups is 1. The van der Waals surface area contributed by atoms with E-state index in [1.165, 1.54) is 5.56 Å². The number of anilines is 1. The van der Waals surface area contributed by atoms with E-state index in [9.17, 15) is 4.79 Å². The van der Waals surface area contributed by atoms with Crippen LogP contribution in [0.4, 0.5) is 5.69 Å². The van der Waals surface area contributed by atoms with Gasteiger partial charge in [-0.15, -0.1) is 0 Å². The van der Waals surface area contributed by atoms with Gasteiger partial charge < -0.3 is 25.4 Å². The summed E-state index contributed by atoms with van der Waals surface area (Å²) in [6, 6.07) is 5.69. The summed E-state index contributed by atoms with van der Waals surface area (Å²) < 4.78 is 13.3. The Morgan fingerprint density at radius 3 is 2.72 bits per heavy atom. The quantitative estimate of drug-likeness (QED) is 0.346. The van der Waals surface area contributed by atoms with Crippen LogP contribution in [0.5, 0.6) is 11.5 Å². The smallest absolute Gasteiger partial charge is 0.242 e. The molecule has 0 saturated heterocycles. The summed E-state index contributed by atoms with van der Waals surface area (Å²) in [5, 5.41) is 13.7. The second kappa shape index (κ2) is 10.9. The number of aryl methyl sites for hydroxylation is 2. The van der Waals surface area contributed by atoms with Gasteiger partial charge in [0, 0.05) is 43.5 Å². The molecular formula is C23H34N6O3. The molecule has 0 spiro atoms. The van der Waals surface area contributed by atoms with Crippen LogP contribution in [0.25, 0.3) is 0 Å². The molecule has 3 rings (SSSR count). The fraction of sp³-hybridized carbons (Fsp3) is 0.522. The zero-order chi connectivity index (χ0) is 23.0. The molecule has 0 atom stereocenters. The van der Waals surface area contributed by atoms with Crippen LogP contribution in [-0.4, -0.2) is 53.5 Å². The van der Waals surface area contributed by atoms with Gasteiger partial charge in [-0.1, -0.05) is 0 Å². The molecule has 0 aliphatic carbocycles. The topological polar surface area (TPSA) is 102 Å². The molecule has 0 unspecified atom stereocenters. The number of amides is 1. The van der Waals surface area contributed by atoms with E-state index < -0.39 is 0 Å². The lowest BCUT2D eigenvalue weighted by Crippen LogP contribution is -2.42. The molecule has 174 valence electrons. The highest BCUT2D eigenvalue weighted by molar-refractivity contribution is 5.95. The lowest BCUT2D eigenvalue weighted by Gasteiger charge is -2.20. The van der Waals surface area contributed by atoms with Crippen LogP contribution >= 0.6 is 0 Å². The van der Waals surface area contributed by atoms with Crippen molar-refractivity contribution in [1.82, 2.24) is 20.4 Å². The Bertz CT molecular complexity index is 932. The third-order valence-electron chi connectivity index (χ3n) is 4.60. The number of hydrogen-bond donors (Lipinski definition) is 3. The van der Waals surface area contributed by atoms with E-state index in [1.54, 1.807) is 4.68 Å². The first-order valence-corrected chi connectivity index (χ1v) is 11.0. The van der Waals surface area contributed by atoms with Crippen molar-refractivity contribution in [3.05, 3.63) is 36.2 Å². The van der Waals surface area contributed by atoms with Crippen LogP contribution in [0.3, 0.4) is 0 Å². The first-order chi connectivity index (χ1) is 15.3. The van der Waals surface area contributed by atoms with Gasteiger partial charge in [-0.05, 0) is 51.3 Å². The van der Waals surface area contributed by atoms with Crippen LogP contribution in [0.1, 0.15) is 39.2 Å². The van der Waals surface area contributed by atoms with E-state index in [4.69, 9.17) is 9.47 Å². The summed E-state index contributed by atoms with van der Waals surface area (Å²) in [4.78, 5) is 16.7. The van der Waals surface area contributed by atoms with Crippen molar-refractivity contribution in [2.75, 3.05) is 31.6 Å². The molecule has 0 fully saturated rings. The molecule has 1 aliphatic rings. The SMILES string of the molecule is Cn1cc(CCCNC(=NCC(=O)NC(C)(C)C)Nc2ccc3c(c2)OCCCO3)cn1. The minimum atomic E-state index is -0.300. The Balaban J connectivity index is 1.63. The second-order valence-electron chi connectivity index (χ2n) is 8.85. The molecule has 1 amide bonds. The minimum Gasteiger partial charge on any atom is -0.490 e. The maximum Gasteiger partial charge on any atom is 0.242 e. The number of carbonyl (C=O) groups is 1. The van der Waals surface area contributed by atoms with Gasteiger partial charge in [-0.2, -0.15) is 5.10 Å². The number of ether oxygens (including phenoxy) is 2. The highest BCUT2D eigenvalue weighted by atomic mass is 16.5. The molecule has 9 nitrogen and oxygen atoms in total. The van der Waals surface area contributed by atoms with Crippen LogP contribution in [-0.2, 0) is 18.3 Å². The summed E-state index contributed by atoms with van der Waals surface area (Å²) in [7, 11) is 1.91. The fourth-order valence-electron chi connectivity index (χ4n) is 3.23. The number of hydrogen-bond acceptors (Lipinski definition) is 5. The lowest BCUT2D eigenvalue weighted by atomic mass is 10.1. The van der Waals surface area contributed by atoms with E-state index in [1.807, 2.05) is 58.4 Å². The monoisotopic (exact) mass is 442 g/mol. The second-order valence-corrected chi connectivity index (χ2v) is 8.85. The molecule has 2 heterocycles. The number of nitrogens with one attached hydrogen (secondary N) is 3. The average Bonchev–Trinajstić information content (AvgIpc) is 2.99. The number of carbonyl (C=O) groups excluding carboxylic acids is 1. The summed E-state index contributed by atoms with van der Waals surface area (Å²) in [5.74, 6) is 1.84. The van der Waals surface area contributed by atoms with Crippen molar-refractivity contribution >= 4 is 17.6 Å². The normalized spacial score (nSPS) is 13.9. The first kappa shape index (κ1) is 23.4. The van der Waals surface area contributed by atoms with Gasteiger partial charge in [0.1, 0.15) is 6.54 Å². The van der Waals surface area contributed by atoms with E-state index in [2.05, 4.69) is 26.0 Å². The number of nitrogens with zero attached hydrogens (tertiary/aromatic N) is 3. The zero-order valence-electron chi connectivity index (χ0n) is 19.4. The minimum absolute atomic E-state index is 0.0275. The third-order valence-corrected chi connectivity index (χ3v) is 4.60. The lowest BCUT2D eigenvalue weighted by molar-refractivity contribution is -0.121. The zero-order valence-corrected chi connectivity index (χ0v) is 19.4. The largest absolute Gasteiger partial charge is 0.490 e. The Labute approximate surface area is 189 Å². The molecule has 0 bridgehead atoms. The van der Waals surface area contributed by atoms with Crippen molar-refractivity contribution in [1.29, 1.82) is 0 Å². The number of aromatic nitrogens is 2. The summed E-state index contributed by atoms with van der Waals surface area (Å²) >= 11 is 0. The standard InChI is InChI=1S/C23H34N6O3/c1-23(2,3)28-21(30)15-25-22(24-10-5-7-17-14-26-29(4)16-17)27-18-8-9-19-20(13-18)32-12-6-11-31-19/h8-9,13-14,16H,5-7,10-12,15H2,1-4H3,(H,28,30)(H2,24,25,27). The molecule has 1 aliphatic heterocycles. The first-order valence-electron chi connectivity index (χ1n) is 11.0. The highest BCUT2D eigenvalue weighted by Gasteiger charge is 2.14. The van der Waals surface area contributed by atoms with Crippen LogP contribution in [0.15, 0.2) is 35.6 Å². The molecule has 2 aromatic rings. The van der Waals surface area contributed by atoms with Gasteiger partial charge in [0.15, 0.2) is 17.5 Å². The summed E-state index contributed by atoms with van der Waals surface area (Å²) in [5.41, 5.74) is 1.70. The number of aliphatic imine (C=N–C) groups is 1. The summed E-state index contributed by atoms with van der Waals surface area (Å²) in [6.45, 7) is 7.84. The van der Waals surface area contributed by atoms with Crippen LogP contribution < -0.4 is 25.4 Å². The number of fused-ring (bicyclic) bond motifs is 1. The van der Waals surface area contributed by atoms with Gasteiger partial charge in [-0.3, -0.25) is 9.48 Å². The van der Waals surface area contributed by atoms with Gasteiger partial charge in [0.25, 0.3) is 0 Å². The number of benzene rings is 1. The molecule has 32 heavy (non-hydrogen) atoms. The third kappa shape index (κ3) is 7.79. The molecule has 9 heteroatoms. The molecular weight excluding hydrogens is 408 g/mol. The van der Waals surface area contributed by atoms with Gasteiger partial charge in [0.2, 0.25) is 5.91 Å². The Morgan fingerprint density at radius 2 is 2.00 bits per heavy atom. The Hall–Kier alpha value is -3.23. The van der Waals surface area contributed by atoms with Gasteiger partial charge in [0.05, 0.1) is 19.4 Å². The highest BCUT2D eigenvalue weighted by Crippen LogP contribution is 2.32. The predicted octanol–water partition coefficient (Wildman–Crippen LogP) is 2.49. The number of rotatable bonds is 7. The average molecular weight is 443 g/mol. The fourth-order valence-corrected chi connectivity index (χ4v) is 3.23. The van der Waals surface area contributed by atoms with Gasteiger partial charge >= 0.3 is 0 Å². The molecule has 3 N–H and O–H groups in total. The molecule has 1 aromatic carbocycles. The van der Waals surface area contributed by atoms with Crippen LogP contribution in [0.2, 0.25) is 0 Å². The van der Waals surface area contributed by atoms with E-state index in [0.717, 1.165) is 30.7 Å². The van der Waals surface area contributed by atoms with E-state index >= 15 is 0 Å². The van der Waals surface area contributed by atoms with Crippen LogP contribution in [0, 0.1) is 0 Å². The summed E-state index contributed by atoms with van der Waals surface area (Å²) in [6.07, 6.45) is 6.56. The predicted molar refractivity (Wildman–Crippen MR) is 125 cm³/mol. The van der Waals surface area contributed by atoms with Crippen molar-refractivity contribution in [3.8, 4) is 11.5 Å². The molecule has 1 aromatic heterocycles. The van der Waals surface area contributed by atoms with E-state index in [-0.39, 0.29) is 18.0 Å². The van der Waals surface area contributed by atoms with Gasteiger partial charge in [-0.25, -0.2) is 4.99 Å². The van der Waals surface area contributed by atoms with Crippen molar-refractivity contribution < 1.29 is 14.3 Å². The molecule has 0 saturated carbocycles. The van der Waals surface area contributed by atoms with Crippen molar-refractivity contribution in [2.45, 2.75) is 45.6 Å². The Morgan fingerprint density at radius 1 is 1.22 bits per heavy atom.